The van der Waals surface area contributed by atoms with E-state index in [2.05, 4.69) is 48.0 Å². The number of aromatic nitrogens is 2. The van der Waals surface area contributed by atoms with Gasteiger partial charge in [0.2, 0.25) is 0 Å². The summed E-state index contributed by atoms with van der Waals surface area (Å²) in [5.74, 6) is 9.11. The van der Waals surface area contributed by atoms with Gasteiger partial charge in [-0.3, -0.25) is 4.79 Å². The van der Waals surface area contributed by atoms with Crippen LogP contribution in [-0.2, 0) is 7.05 Å². The first-order chi connectivity index (χ1) is 10.4. The van der Waals surface area contributed by atoms with Gasteiger partial charge in [0.15, 0.2) is 0 Å². The molecule has 0 unspecified atom stereocenters. The first kappa shape index (κ1) is 15.8. The van der Waals surface area contributed by atoms with E-state index in [1.807, 2.05) is 30.3 Å². The summed E-state index contributed by atoms with van der Waals surface area (Å²) in [6, 6.07) is 9.65. The van der Waals surface area contributed by atoms with Gasteiger partial charge in [0.25, 0.3) is 5.56 Å². The molecule has 0 saturated heterocycles. The normalized spacial score (nSPS) is 10.2. The predicted molar refractivity (Wildman–Crippen MR) is 92.1 cm³/mol. The Morgan fingerprint density at radius 2 is 1.73 bits per heavy atom. The average molecular weight is 306 g/mol. The molecule has 3 nitrogen and oxygen atoms in total. The maximum absolute atomic E-state index is 12.3. The van der Waals surface area contributed by atoms with Gasteiger partial charge >= 0.3 is 0 Å². The SMILES string of the molecule is Cn1ncc(C#Cc2ccccc2)c(C#C[Si](C)(C)C)c1=O. The molecule has 0 N–H and O–H groups in total. The van der Waals surface area contributed by atoms with Gasteiger partial charge in [-0.1, -0.05) is 55.6 Å². The lowest BCUT2D eigenvalue weighted by molar-refractivity contribution is 0.703. The number of hydrogen-bond donors (Lipinski definition) is 0. The molecule has 0 bridgehead atoms. The first-order valence-electron chi connectivity index (χ1n) is 7.03. The molecule has 0 amide bonds. The molecule has 110 valence electrons. The zero-order chi connectivity index (χ0) is 16.2. The summed E-state index contributed by atoms with van der Waals surface area (Å²) in [5.41, 5.74) is 4.93. The van der Waals surface area contributed by atoms with Gasteiger partial charge in [-0.05, 0) is 12.1 Å². The van der Waals surface area contributed by atoms with Crippen molar-refractivity contribution in [1.82, 2.24) is 9.78 Å². The largest absolute Gasteiger partial charge is 0.283 e. The highest BCUT2D eigenvalue weighted by Crippen LogP contribution is 2.03. The fourth-order valence-electron chi connectivity index (χ4n) is 1.66. The Balaban J connectivity index is 2.53. The molecule has 0 aliphatic carbocycles. The summed E-state index contributed by atoms with van der Waals surface area (Å²) in [5, 5.41) is 4.04. The minimum Gasteiger partial charge on any atom is -0.266 e. The maximum Gasteiger partial charge on any atom is 0.283 e. The molecule has 22 heavy (non-hydrogen) atoms. The molecular formula is C18H18N2OSi. The van der Waals surface area contributed by atoms with Crippen LogP contribution < -0.4 is 5.56 Å². The summed E-state index contributed by atoms with van der Waals surface area (Å²) in [6.07, 6.45) is 1.60. The van der Waals surface area contributed by atoms with Crippen molar-refractivity contribution in [3.63, 3.8) is 0 Å². The van der Waals surface area contributed by atoms with Crippen molar-refractivity contribution in [3.05, 3.63) is 63.6 Å². The molecule has 0 spiro atoms. The van der Waals surface area contributed by atoms with Crippen molar-refractivity contribution in [2.75, 3.05) is 0 Å². The van der Waals surface area contributed by atoms with Crippen molar-refractivity contribution in [2.45, 2.75) is 19.6 Å². The van der Waals surface area contributed by atoms with Crippen LogP contribution in [0.3, 0.4) is 0 Å². The van der Waals surface area contributed by atoms with Crippen molar-refractivity contribution < 1.29 is 0 Å². The highest BCUT2D eigenvalue weighted by atomic mass is 28.3. The van der Waals surface area contributed by atoms with Crippen LogP contribution in [0.15, 0.2) is 41.3 Å². The minimum atomic E-state index is -1.57. The van der Waals surface area contributed by atoms with Gasteiger partial charge in [0.1, 0.15) is 13.6 Å². The standard InChI is InChI=1S/C18H18N2OSi/c1-20-18(21)17(12-13-22(2,3)4)16(14-19-20)11-10-15-8-6-5-7-9-15/h5-9,14H,1-4H3. The quantitative estimate of drug-likeness (QED) is 0.553. The van der Waals surface area contributed by atoms with Crippen LogP contribution in [0.25, 0.3) is 0 Å². The Bertz CT molecular complexity index is 854. The summed E-state index contributed by atoms with van der Waals surface area (Å²) >= 11 is 0. The third-order valence-corrected chi connectivity index (χ3v) is 3.69. The van der Waals surface area contributed by atoms with Crippen molar-refractivity contribution >= 4 is 8.07 Å². The monoisotopic (exact) mass is 306 g/mol. The van der Waals surface area contributed by atoms with Gasteiger partial charge < -0.3 is 0 Å². The molecule has 0 atom stereocenters. The number of nitrogens with zero attached hydrogens (tertiary/aromatic N) is 2. The maximum atomic E-state index is 12.3. The van der Waals surface area contributed by atoms with Crippen LogP contribution >= 0.6 is 0 Å². The van der Waals surface area contributed by atoms with Crippen LogP contribution in [0.5, 0.6) is 0 Å². The van der Waals surface area contributed by atoms with E-state index in [9.17, 15) is 4.79 Å². The summed E-state index contributed by atoms with van der Waals surface area (Å²) in [7, 11) is 0.0535. The number of aryl methyl sites for hydroxylation is 1. The smallest absolute Gasteiger partial charge is 0.266 e. The fourth-order valence-corrected chi connectivity index (χ4v) is 2.16. The molecule has 0 fully saturated rings. The van der Waals surface area contributed by atoms with Gasteiger partial charge in [-0.2, -0.15) is 5.10 Å². The van der Waals surface area contributed by atoms with Crippen molar-refractivity contribution in [3.8, 4) is 23.3 Å². The summed E-state index contributed by atoms with van der Waals surface area (Å²) in [4.78, 5) is 12.3. The summed E-state index contributed by atoms with van der Waals surface area (Å²) < 4.78 is 1.29. The lowest BCUT2D eigenvalue weighted by Gasteiger charge is -2.04. The average Bonchev–Trinajstić information content (AvgIpc) is 2.47. The molecule has 0 saturated carbocycles. The second-order valence-electron chi connectivity index (χ2n) is 5.98. The number of rotatable bonds is 0. The Morgan fingerprint density at radius 3 is 2.36 bits per heavy atom. The van der Waals surface area contributed by atoms with Crippen LogP contribution in [0.4, 0.5) is 0 Å². The van der Waals surface area contributed by atoms with E-state index in [1.54, 1.807) is 13.2 Å². The van der Waals surface area contributed by atoms with E-state index < -0.39 is 8.07 Å². The third kappa shape index (κ3) is 4.21. The molecule has 2 aromatic rings. The minimum absolute atomic E-state index is 0.203. The van der Waals surface area contributed by atoms with E-state index in [-0.39, 0.29) is 5.56 Å². The Hall–Kier alpha value is -2.56. The van der Waals surface area contributed by atoms with Gasteiger partial charge in [-0.15, -0.1) is 5.54 Å². The van der Waals surface area contributed by atoms with Crippen LogP contribution in [0.2, 0.25) is 19.6 Å². The Morgan fingerprint density at radius 1 is 1.05 bits per heavy atom. The zero-order valence-corrected chi connectivity index (χ0v) is 14.3. The van der Waals surface area contributed by atoms with Crippen LogP contribution in [-0.4, -0.2) is 17.9 Å². The fraction of sp³-hybridized carbons (Fsp3) is 0.222. The molecule has 0 aliphatic heterocycles. The van der Waals surface area contributed by atoms with Gasteiger partial charge in [-0.25, -0.2) is 4.68 Å². The molecule has 0 aliphatic rings. The summed E-state index contributed by atoms with van der Waals surface area (Å²) in [6.45, 7) is 6.42. The molecule has 1 heterocycles. The van der Waals surface area contributed by atoms with Crippen LogP contribution in [0.1, 0.15) is 16.7 Å². The van der Waals surface area contributed by atoms with E-state index in [0.29, 0.717) is 11.1 Å². The van der Waals surface area contributed by atoms with Gasteiger partial charge in [0, 0.05) is 12.6 Å². The van der Waals surface area contributed by atoms with Crippen LogP contribution in [0, 0.1) is 23.3 Å². The number of hydrogen-bond acceptors (Lipinski definition) is 2. The number of benzene rings is 1. The van der Waals surface area contributed by atoms with E-state index in [1.165, 1.54) is 4.68 Å². The molecule has 1 aromatic heterocycles. The lowest BCUT2D eigenvalue weighted by Crippen LogP contribution is -2.24. The third-order valence-electron chi connectivity index (χ3n) is 2.81. The predicted octanol–water partition coefficient (Wildman–Crippen LogP) is 2.41. The van der Waals surface area contributed by atoms with E-state index >= 15 is 0 Å². The van der Waals surface area contributed by atoms with Gasteiger partial charge in [0.05, 0.1) is 11.8 Å². The molecule has 1 aromatic carbocycles. The second kappa shape index (κ2) is 6.47. The molecule has 4 heteroatoms. The van der Waals surface area contributed by atoms with E-state index in [0.717, 1.165) is 5.56 Å². The van der Waals surface area contributed by atoms with Crippen molar-refractivity contribution in [2.24, 2.45) is 7.05 Å². The molecule has 0 radical (unpaired) electrons. The lowest BCUT2D eigenvalue weighted by atomic mass is 10.1. The second-order valence-corrected chi connectivity index (χ2v) is 10.7. The van der Waals surface area contributed by atoms with Crippen molar-refractivity contribution in [1.29, 1.82) is 0 Å². The highest BCUT2D eigenvalue weighted by molar-refractivity contribution is 6.83. The highest BCUT2D eigenvalue weighted by Gasteiger charge is 2.10. The Kier molecular flexibility index (Phi) is 4.65. The zero-order valence-electron chi connectivity index (χ0n) is 13.3. The molecule has 2 rings (SSSR count). The van der Waals surface area contributed by atoms with E-state index in [4.69, 9.17) is 0 Å². The Labute approximate surface area is 132 Å². The first-order valence-corrected chi connectivity index (χ1v) is 10.5. The topological polar surface area (TPSA) is 34.9 Å². The molecular weight excluding hydrogens is 288 g/mol.